The highest BCUT2D eigenvalue weighted by atomic mass is 15.1. The van der Waals surface area contributed by atoms with Gasteiger partial charge in [-0.3, -0.25) is 4.90 Å². The second-order valence-electron chi connectivity index (χ2n) is 6.84. The molecular weight excluding hydrogens is 256 g/mol. The Morgan fingerprint density at radius 1 is 1.10 bits per heavy atom. The molecule has 0 heterocycles. The normalized spacial score (nSPS) is 16.2. The number of hydrogen-bond donors (Lipinski definition) is 1. The Bertz CT molecular complexity index is 391. The molecule has 1 fully saturated rings. The predicted octanol–water partition coefficient (Wildman–Crippen LogP) is 4.20. The Morgan fingerprint density at radius 2 is 1.71 bits per heavy atom. The minimum absolute atomic E-state index is 0.716. The summed E-state index contributed by atoms with van der Waals surface area (Å²) < 4.78 is 0. The van der Waals surface area contributed by atoms with E-state index in [4.69, 9.17) is 0 Å². The summed E-state index contributed by atoms with van der Waals surface area (Å²) >= 11 is 0. The van der Waals surface area contributed by atoms with Crippen LogP contribution in [-0.4, -0.2) is 24.0 Å². The Labute approximate surface area is 130 Å². The zero-order chi connectivity index (χ0) is 15.1. The monoisotopic (exact) mass is 288 g/mol. The summed E-state index contributed by atoms with van der Waals surface area (Å²) in [7, 11) is 0. The summed E-state index contributed by atoms with van der Waals surface area (Å²) in [6.45, 7) is 11.1. The average Bonchev–Trinajstić information content (AvgIpc) is 3.00. The molecule has 1 aliphatic rings. The first kappa shape index (κ1) is 16.5. The summed E-state index contributed by atoms with van der Waals surface area (Å²) in [6, 6.07) is 10.0. The molecule has 1 saturated carbocycles. The first-order chi connectivity index (χ1) is 10.2. The molecule has 1 aromatic rings. The molecule has 1 N–H and O–H groups in total. The van der Waals surface area contributed by atoms with Crippen LogP contribution in [0, 0.1) is 5.92 Å². The molecule has 0 radical (unpaired) electrons. The van der Waals surface area contributed by atoms with Crippen molar-refractivity contribution >= 4 is 0 Å². The van der Waals surface area contributed by atoms with E-state index in [9.17, 15) is 0 Å². The maximum absolute atomic E-state index is 3.51. The SMILES string of the molecule is CCN(Cc1ccc(CNCC(C)C)cc1)C1CCCC1. The van der Waals surface area contributed by atoms with Gasteiger partial charge < -0.3 is 5.32 Å². The van der Waals surface area contributed by atoms with Crippen LogP contribution in [0.5, 0.6) is 0 Å². The third-order valence-corrected chi connectivity index (χ3v) is 4.54. The fraction of sp³-hybridized carbons (Fsp3) is 0.684. The smallest absolute Gasteiger partial charge is 0.0236 e. The van der Waals surface area contributed by atoms with E-state index in [2.05, 4.69) is 55.3 Å². The van der Waals surface area contributed by atoms with E-state index < -0.39 is 0 Å². The van der Waals surface area contributed by atoms with Crippen LogP contribution >= 0.6 is 0 Å². The molecule has 0 aromatic heterocycles. The standard InChI is InChI=1S/C19H32N2/c1-4-21(19-7-5-6-8-19)15-18-11-9-17(10-12-18)14-20-13-16(2)3/h9-12,16,19-20H,4-8,13-15H2,1-3H3. The fourth-order valence-electron chi connectivity index (χ4n) is 3.27. The topological polar surface area (TPSA) is 15.3 Å². The van der Waals surface area contributed by atoms with E-state index in [1.165, 1.54) is 43.4 Å². The fourth-order valence-corrected chi connectivity index (χ4v) is 3.27. The molecule has 0 spiro atoms. The van der Waals surface area contributed by atoms with Gasteiger partial charge in [0.15, 0.2) is 0 Å². The van der Waals surface area contributed by atoms with Gasteiger partial charge in [0.1, 0.15) is 0 Å². The molecule has 0 saturated heterocycles. The summed E-state index contributed by atoms with van der Waals surface area (Å²) in [5.41, 5.74) is 2.85. The quantitative estimate of drug-likeness (QED) is 0.771. The molecule has 2 rings (SSSR count). The van der Waals surface area contributed by atoms with Crippen molar-refractivity contribution in [3.8, 4) is 0 Å². The van der Waals surface area contributed by atoms with Gasteiger partial charge in [0.05, 0.1) is 0 Å². The average molecular weight is 288 g/mol. The van der Waals surface area contributed by atoms with E-state index in [0.29, 0.717) is 5.92 Å². The molecule has 2 nitrogen and oxygen atoms in total. The second kappa shape index (κ2) is 8.55. The molecule has 1 aliphatic carbocycles. The van der Waals surface area contributed by atoms with Crippen LogP contribution in [0.3, 0.4) is 0 Å². The van der Waals surface area contributed by atoms with E-state index in [1.807, 2.05) is 0 Å². The van der Waals surface area contributed by atoms with Gasteiger partial charge in [-0.1, -0.05) is 57.9 Å². The molecule has 2 heteroatoms. The molecule has 0 bridgehead atoms. The lowest BCUT2D eigenvalue weighted by Crippen LogP contribution is -2.32. The van der Waals surface area contributed by atoms with Crippen molar-refractivity contribution in [1.82, 2.24) is 10.2 Å². The van der Waals surface area contributed by atoms with E-state index in [0.717, 1.165) is 25.7 Å². The number of benzene rings is 1. The summed E-state index contributed by atoms with van der Waals surface area (Å²) in [6.07, 6.45) is 5.62. The summed E-state index contributed by atoms with van der Waals surface area (Å²) in [5.74, 6) is 0.716. The molecule has 21 heavy (non-hydrogen) atoms. The number of nitrogens with zero attached hydrogens (tertiary/aromatic N) is 1. The van der Waals surface area contributed by atoms with Crippen LogP contribution in [0.15, 0.2) is 24.3 Å². The minimum atomic E-state index is 0.716. The molecule has 0 unspecified atom stereocenters. The Kier molecular flexibility index (Phi) is 6.72. The van der Waals surface area contributed by atoms with Crippen molar-refractivity contribution in [3.63, 3.8) is 0 Å². The van der Waals surface area contributed by atoms with E-state index in [1.54, 1.807) is 0 Å². The Balaban J connectivity index is 1.83. The highest BCUT2D eigenvalue weighted by Gasteiger charge is 2.21. The van der Waals surface area contributed by atoms with Gasteiger partial charge >= 0.3 is 0 Å². The van der Waals surface area contributed by atoms with Crippen LogP contribution in [-0.2, 0) is 13.1 Å². The molecule has 1 aromatic carbocycles. The summed E-state index contributed by atoms with van der Waals surface area (Å²) in [5, 5.41) is 3.51. The third-order valence-electron chi connectivity index (χ3n) is 4.54. The predicted molar refractivity (Wildman–Crippen MR) is 91.3 cm³/mol. The lowest BCUT2D eigenvalue weighted by atomic mass is 10.1. The van der Waals surface area contributed by atoms with Gasteiger partial charge in [-0.2, -0.15) is 0 Å². The van der Waals surface area contributed by atoms with Crippen LogP contribution < -0.4 is 5.32 Å². The zero-order valence-corrected chi connectivity index (χ0v) is 14.1. The molecule has 0 amide bonds. The highest BCUT2D eigenvalue weighted by Crippen LogP contribution is 2.24. The lowest BCUT2D eigenvalue weighted by Gasteiger charge is -2.27. The maximum atomic E-state index is 3.51. The van der Waals surface area contributed by atoms with Crippen LogP contribution in [0.4, 0.5) is 0 Å². The van der Waals surface area contributed by atoms with Gasteiger partial charge in [0, 0.05) is 19.1 Å². The van der Waals surface area contributed by atoms with Crippen LogP contribution in [0.25, 0.3) is 0 Å². The van der Waals surface area contributed by atoms with E-state index in [-0.39, 0.29) is 0 Å². The number of hydrogen-bond acceptors (Lipinski definition) is 2. The van der Waals surface area contributed by atoms with Crippen molar-refractivity contribution in [2.75, 3.05) is 13.1 Å². The van der Waals surface area contributed by atoms with Crippen LogP contribution in [0.2, 0.25) is 0 Å². The second-order valence-corrected chi connectivity index (χ2v) is 6.84. The van der Waals surface area contributed by atoms with Crippen molar-refractivity contribution in [3.05, 3.63) is 35.4 Å². The first-order valence-electron chi connectivity index (χ1n) is 8.71. The maximum Gasteiger partial charge on any atom is 0.0236 e. The minimum Gasteiger partial charge on any atom is -0.312 e. The molecule has 0 aliphatic heterocycles. The number of rotatable bonds is 8. The van der Waals surface area contributed by atoms with Crippen molar-refractivity contribution < 1.29 is 0 Å². The van der Waals surface area contributed by atoms with Gasteiger partial charge in [-0.05, 0) is 43.0 Å². The van der Waals surface area contributed by atoms with Crippen molar-refractivity contribution in [1.29, 1.82) is 0 Å². The Hall–Kier alpha value is -0.860. The van der Waals surface area contributed by atoms with Crippen LogP contribution in [0.1, 0.15) is 57.6 Å². The van der Waals surface area contributed by atoms with Gasteiger partial charge in [0.2, 0.25) is 0 Å². The largest absolute Gasteiger partial charge is 0.312 e. The zero-order valence-electron chi connectivity index (χ0n) is 14.1. The molecular formula is C19H32N2. The summed E-state index contributed by atoms with van der Waals surface area (Å²) in [4.78, 5) is 2.65. The van der Waals surface area contributed by atoms with Gasteiger partial charge in [0.25, 0.3) is 0 Å². The molecule has 118 valence electrons. The lowest BCUT2D eigenvalue weighted by molar-refractivity contribution is 0.200. The highest BCUT2D eigenvalue weighted by molar-refractivity contribution is 5.22. The molecule has 0 atom stereocenters. The first-order valence-corrected chi connectivity index (χ1v) is 8.71. The third kappa shape index (κ3) is 5.44. The number of nitrogens with one attached hydrogen (secondary N) is 1. The van der Waals surface area contributed by atoms with Gasteiger partial charge in [-0.15, -0.1) is 0 Å². The van der Waals surface area contributed by atoms with Crippen molar-refractivity contribution in [2.24, 2.45) is 5.92 Å². The van der Waals surface area contributed by atoms with Gasteiger partial charge in [-0.25, -0.2) is 0 Å². The Morgan fingerprint density at radius 3 is 2.29 bits per heavy atom. The van der Waals surface area contributed by atoms with Crippen molar-refractivity contribution in [2.45, 2.75) is 65.6 Å². The van der Waals surface area contributed by atoms with E-state index >= 15 is 0 Å².